The number of hydrogen-bond acceptors (Lipinski definition) is 2. The van der Waals surface area contributed by atoms with Gasteiger partial charge in [-0.1, -0.05) is 32.0 Å². The van der Waals surface area contributed by atoms with Crippen molar-refractivity contribution in [2.24, 2.45) is 0 Å². The fourth-order valence-electron chi connectivity index (χ4n) is 1.91. The first-order chi connectivity index (χ1) is 9.47. The molecule has 1 atom stereocenters. The molecule has 0 aliphatic carbocycles. The molecule has 20 heavy (non-hydrogen) atoms. The lowest BCUT2D eigenvalue weighted by molar-refractivity contribution is 0.199. The van der Waals surface area contributed by atoms with E-state index in [2.05, 4.69) is 41.9 Å². The van der Waals surface area contributed by atoms with Gasteiger partial charge in [0.05, 0.1) is 10.6 Å². The van der Waals surface area contributed by atoms with Crippen LogP contribution in [0.3, 0.4) is 0 Å². The smallest absolute Gasteiger partial charge is 0.141 e. The van der Waals surface area contributed by atoms with E-state index in [0.717, 1.165) is 21.5 Å². The van der Waals surface area contributed by atoms with Gasteiger partial charge in [-0.05, 0) is 64.2 Å². The average molecular weight is 335 g/mol. The lowest BCUT2D eigenvalue weighted by Gasteiger charge is -2.12. The molecule has 0 saturated carbocycles. The molecule has 0 heterocycles. The maximum atomic E-state index is 9.55. The number of hydrogen-bond donors (Lipinski definition) is 1. The van der Waals surface area contributed by atoms with E-state index in [1.54, 1.807) is 6.92 Å². The van der Waals surface area contributed by atoms with Crippen LogP contribution in [0.5, 0.6) is 11.5 Å². The second-order valence-corrected chi connectivity index (χ2v) is 6.05. The summed E-state index contributed by atoms with van der Waals surface area (Å²) in [6.45, 7) is 6.08. The summed E-state index contributed by atoms with van der Waals surface area (Å²) >= 11 is 3.47. The SMILES string of the molecule is CC(C)c1ccc(Oc2ccc(C(C)O)cc2Br)cc1. The molecule has 1 N–H and O–H groups in total. The maximum Gasteiger partial charge on any atom is 0.141 e. The van der Waals surface area contributed by atoms with E-state index in [1.807, 2.05) is 30.3 Å². The molecule has 2 rings (SSSR count). The summed E-state index contributed by atoms with van der Waals surface area (Å²) in [6.07, 6.45) is -0.481. The monoisotopic (exact) mass is 334 g/mol. The highest BCUT2D eigenvalue weighted by molar-refractivity contribution is 9.10. The van der Waals surface area contributed by atoms with Crippen LogP contribution in [-0.4, -0.2) is 5.11 Å². The Morgan fingerprint density at radius 3 is 2.05 bits per heavy atom. The van der Waals surface area contributed by atoms with E-state index >= 15 is 0 Å². The first kappa shape index (κ1) is 15.1. The van der Waals surface area contributed by atoms with Gasteiger partial charge in [0.15, 0.2) is 0 Å². The highest BCUT2D eigenvalue weighted by atomic mass is 79.9. The molecule has 2 nitrogen and oxygen atoms in total. The number of aliphatic hydroxyl groups excluding tert-OH is 1. The summed E-state index contributed by atoms with van der Waals surface area (Å²) in [5.74, 6) is 2.06. The van der Waals surface area contributed by atoms with Crippen LogP contribution in [0.4, 0.5) is 0 Å². The molecule has 2 aromatic rings. The first-order valence-corrected chi connectivity index (χ1v) is 7.52. The van der Waals surface area contributed by atoms with Crippen LogP contribution >= 0.6 is 15.9 Å². The number of halogens is 1. The zero-order chi connectivity index (χ0) is 14.7. The van der Waals surface area contributed by atoms with Crippen LogP contribution in [0.2, 0.25) is 0 Å². The van der Waals surface area contributed by atoms with E-state index in [4.69, 9.17) is 4.74 Å². The minimum Gasteiger partial charge on any atom is -0.456 e. The Kier molecular flexibility index (Phi) is 4.84. The molecule has 106 valence electrons. The number of aliphatic hydroxyl groups is 1. The van der Waals surface area contributed by atoms with Gasteiger partial charge in [-0.2, -0.15) is 0 Å². The molecule has 0 spiro atoms. The van der Waals surface area contributed by atoms with Crippen LogP contribution in [0, 0.1) is 0 Å². The van der Waals surface area contributed by atoms with Gasteiger partial charge in [-0.25, -0.2) is 0 Å². The lowest BCUT2D eigenvalue weighted by atomic mass is 10.0. The van der Waals surface area contributed by atoms with Gasteiger partial charge in [0, 0.05) is 0 Å². The van der Waals surface area contributed by atoms with Crippen molar-refractivity contribution in [1.82, 2.24) is 0 Å². The predicted octanol–water partition coefficient (Wildman–Crippen LogP) is 5.42. The normalized spacial score (nSPS) is 12.5. The standard InChI is InChI=1S/C17H19BrO2/c1-11(2)13-4-7-15(8-5-13)20-17-9-6-14(12(3)19)10-16(17)18/h4-12,19H,1-3H3. The predicted molar refractivity (Wildman–Crippen MR) is 85.4 cm³/mol. The van der Waals surface area contributed by atoms with Crippen molar-refractivity contribution in [2.45, 2.75) is 32.8 Å². The Labute approximate surface area is 128 Å². The van der Waals surface area contributed by atoms with Gasteiger partial charge in [0.25, 0.3) is 0 Å². The fraction of sp³-hybridized carbons (Fsp3) is 0.294. The molecule has 0 bridgehead atoms. The maximum absolute atomic E-state index is 9.55. The second kappa shape index (κ2) is 6.42. The Morgan fingerprint density at radius 2 is 1.55 bits per heavy atom. The summed E-state index contributed by atoms with van der Waals surface area (Å²) in [5.41, 5.74) is 2.15. The highest BCUT2D eigenvalue weighted by Crippen LogP contribution is 2.32. The van der Waals surface area contributed by atoms with E-state index in [1.165, 1.54) is 5.56 Å². The van der Waals surface area contributed by atoms with Crippen molar-refractivity contribution in [3.63, 3.8) is 0 Å². The molecular weight excluding hydrogens is 316 g/mol. The second-order valence-electron chi connectivity index (χ2n) is 5.19. The molecule has 0 aromatic heterocycles. The molecule has 2 aromatic carbocycles. The molecular formula is C17H19BrO2. The van der Waals surface area contributed by atoms with Crippen molar-refractivity contribution < 1.29 is 9.84 Å². The van der Waals surface area contributed by atoms with E-state index < -0.39 is 6.10 Å². The Balaban J connectivity index is 2.17. The van der Waals surface area contributed by atoms with Crippen LogP contribution < -0.4 is 4.74 Å². The number of benzene rings is 2. The van der Waals surface area contributed by atoms with Gasteiger partial charge in [0.1, 0.15) is 11.5 Å². The van der Waals surface area contributed by atoms with Gasteiger partial charge >= 0.3 is 0 Å². The Bertz CT molecular complexity index is 574. The van der Waals surface area contributed by atoms with Gasteiger partial charge in [0.2, 0.25) is 0 Å². The van der Waals surface area contributed by atoms with Crippen molar-refractivity contribution in [1.29, 1.82) is 0 Å². The third kappa shape index (κ3) is 3.62. The summed E-state index contributed by atoms with van der Waals surface area (Å²) in [5, 5.41) is 9.55. The summed E-state index contributed by atoms with van der Waals surface area (Å²) in [6, 6.07) is 13.7. The average Bonchev–Trinajstić information content (AvgIpc) is 2.41. The van der Waals surface area contributed by atoms with Crippen LogP contribution in [-0.2, 0) is 0 Å². The summed E-state index contributed by atoms with van der Waals surface area (Å²) < 4.78 is 6.69. The largest absolute Gasteiger partial charge is 0.456 e. The summed E-state index contributed by atoms with van der Waals surface area (Å²) in [7, 11) is 0. The van der Waals surface area contributed by atoms with E-state index in [0.29, 0.717) is 5.92 Å². The van der Waals surface area contributed by atoms with E-state index in [-0.39, 0.29) is 0 Å². The Morgan fingerprint density at radius 1 is 0.950 bits per heavy atom. The van der Waals surface area contributed by atoms with Crippen LogP contribution in [0.25, 0.3) is 0 Å². The fourth-order valence-corrected chi connectivity index (χ4v) is 2.38. The number of rotatable bonds is 4. The van der Waals surface area contributed by atoms with Crippen molar-refractivity contribution >= 4 is 15.9 Å². The van der Waals surface area contributed by atoms with Crippen molar-refractivity contribution in [3.8, 4) is 11.5 Å². The summed E-state index contributed by atoms with van der Waals surface area (Å²) in [4.78, 5) is 0. The van der Waals surface area contributed by atoms with Crippen LogP contribution in [0.1, 0.15) is 43.9 Å². The zero-order valence-corrected chi connectivity index (χ0v) is 13.5. The molecule has 0 amide bonds. The molecule has 0 aliphatic rings. The minimum atomic E-state index is -0.481. The van der Waals surface area contributed by atoms with Gasteiger partial charge in [-0.15, -0.1) is 0 Å². The van der Waals surface area contributed by atoms with Gasteiger partial charge < -0.3 is 9.84 Å². The van der Waals surface area contributed by atoms with Crippen molar-refractivity contribution in [2.75, 3.05) is 0 Å². The minimum absolute atomic E-state index is 0.481. The molecule has 0 aliphatic heterocycles. The quantitative estimate of drug-likeness (QED) is 0.809. The lowest BCUT2D eigenvalue weighted by Crippen LogP contribution is -1.93. The third-order valence-corrected chi connectivity index (χ3v) is 3.83. The zero-order valence-electron chi connectivity index (χ0n) is 11.9. The van der Waals surface area contributed by atoms with Crippen LogP contribution in [0.15, 0.2) is 46.9 Å². The molecule has 1 unspecified atom stereocenters. The van der Waals surface area contributed by atoms with E-state index in [9.17, 15) is 5.11 Å². The van der Waals surface area contributed by atoms with Gasteiger partial charge in [-0.3, -0.25) is 0 Å². The Hall–Kier alpha value is -1.32. The highest BCUT2D eigenvalue weighted by Gasteiger charge is 2.07. The first-order valence-electron chi connectivity index (χ1n) is 6.72. The molecule has 0 radical (unpaired) electrons. The molecule has 3 heteroatoms. The van der Waals surface area contributed by atoms with Crippen molar-refractivity contribution in [3.05, 3.63) is 58.1 Å². The molecule has 0 fully saturated rings. The topological polar surface area (TPSA) is 29.5 Å². The third-order valence-electron chi connectivity index (χ3n) is 3.21. The number of ether oxygens (including phenoxy) is 1. The molecule has 0 saturated heterocycles.